The van der Waals surface area contributed by atoms with Gasteiger partial charge in [-0.1, -0.05) is 0 Å². The van der Waals surface area contributed by atoms with E-state index in [0.717, 1.165) is 10.0 Å². The van der Waals surface area contributed by atoms with Crippen LogP contribution < -0.4 is 5.32 Å². The monoisotopic (exact) mass is 186 g/mol. The molecular formula is C7H10N2O2S. The standard InChI is InChI=1S/C7H10N2O2S/c1-5-3-8-7(12-5)9-4-6(10)11-2/h3H,4H2,1-2H3,(H,8,9). The number of nitrogens with zero attached hydrogens (tertiary/aromatic N) is 1. The van der Waals surface area contributed by atoms with Gasteiger partial charge in [0.1, 0.15) is 6.54 Å². The van der Waals surface area contributed by atoms with E-state index in [4.69, 9.17) is 0 Å². The topological polar surface area (TPSA) is 51.2 Å². The molecule has 0 saturated carbocycles. The molecule has 1 rings (SSSR count). The van der Waals surface area contributed by atoms with Gasteiger partial charge in [-0.3, -0.25) is 4.79 Å². The van der Waals surface area contributed by atoms with Crippen LogP contribution in [0.2, 0.25) is 0 Å². The maximum absolute atomic E-state index is 10.7. The molecule has 0 spiro atoms. The highest BCUT2D eigenvalue weighted by molar-refractivity contribution is 7.15. The number of methoxy groups -OCH3 is 1. The lowest BCUT2D eigenvalue weighted by Crippen LogP contribution is -2.14. The summed E-state index contributed by atoms with van der Waals surface area (Å²) in [5.74, 6) is -0.289. The summed E-state index contributed by atoms with van der Waals surface area (Å²) in [4.78, 5) is 15.8. The summed E-state index contributed by atoms with van der Waals surface area (Å²) < 4.78 is 4.45. The number of aromatic nitrogens is 1. The van der Waals surface area contributed by atoms with Gasteiger partial charge in [0.05, 0.1) is 7.11 Å². The molecule has 5 heteroatoms. The first-order valence-electron chi connectivity index (χ1n) is 3.45. The Balaban J connectivity index is 2.38. The first-order valence-corrected chi connectivity index (χ1v) is 4.27. The molecule has 4 nitrogen and oxygen atoms in total. The Bertz CT molecular complexity index is 272. The van der Waals surface area contributed by atoms with Crippen molar-refractivity contribution in [2.45, 2.75) is 6.92 Å². The molecule has 0 aliphatic carbocycles. The summed E-state index contributed by atoms with van der Waals surface area (Å²) in [7, 11) is 1.36. The Morgan fingerprint density at radius 2 is 2.58 bits per heavy atom. The molecule has 1 N–H and O–H groups in total. The quantitative estimate of drug-likeness (QED) is 0.716. The minimum Gasteiger partial charge on any atom is -0.468 e. The van der Waals surface area contributed by atoms with E-state index < -0.39 is 0 Å². The number of nitrogens with one attached hydrogen (secondary N) is 1. The van der Waals surface area contributed by atoms with E-state index in [1.165, 1.54) is 18.4 Å². The zero-order chi connectivity index (χ0) is 8.97. The van der Waals surface area contributed by atoms with Crippen LogP contribution in [-0.4, -0.2) is 24.6 Å². The van der Waals surface area contributed by atoms with Gasteiger partial charge in [-0.2, -0.15) is 0 Å². The van der Waals surface area contributed by atoms with Crippen molar-refractivity contribution >= 4 is 22.4 Å². The number of carbonyl (C=O) groups excluding carboxylic acids is 1. The van der Waals surface area contributed by atoms with Gasteiger partial charge < -0.3 is 10.1 Å². The van der Waals surface area contributed by atoms with Crippen LogP contribution in [-0.2, 0) is 9.53 Å². The highest BCUT2D eigenvalue weighted by Crippen LogP contribution is 2.15. The van der Waals surface area contributed by atoms with Crippen LogP contribution in [0.3, 0.4) is 0 Å². The van der Waals surface area contributed by atoms with Crippen molar-refractivity contribution in [1.29, 1.82) is 0 Å². The van der Waals surface area contributed by atoms with Gasteiger partial charge in [0.15, 0.2) is 5.13 Å². The number of carbonyl (C=O) groups is 1. The number of hydrogen-bond acceptors (Lipinski definition) is 5. The van der Waals surface area contributed by atoms with Crippen LogP contribution >= 0.6 is 11.3 Å². The van der Waals surface area contributed by atoms with Crippen LogP contribution in [0.1, 0.15) is 4.88 Å². The fourth-order valence-corrected chi connectivity index (χ4v) is 1.32. The molecule has 0 aliphatic rings. The number of ether oxygens (including phenoxy) is 1. The molecule has 0 amide bonds. The molecule has 1 heterocycles. The van der Waals surface area contributed by atoms with E-state index in [1.807, 2.05) is 6.92 Å². The van der Waals surface area contributed by atoms with Crippen molar-refractivity contribution < 1.29 is 9.53 Å². The molecule has 1 aromatic rings. The summed E-state index contributed by atoms with van der Waals surface area (Å²) in [6.45, 7) is 2.13. The molecule has 1 aromatic heterocycles. The van der Waals surface area contributed by atoms with Gasteiger partial charge in [-0.15, -0.1) is 11.3 Å². The molecule has 12 heavy (non-hydrogen) atoms. The Kier molecular flexibility index (Phi) is 3.04. The van der Waals surface area contributed by atoms with Crippen molar-refractivity contribution in [2.24, 2.45) is 0 Å². The highest BCUT2D eigenvalue weighted by atomic mass is 32.1. The first-order chi connectivity index (χ1) is 5.72. The number of anilines is 1. The minimum atomic E-state index is -0.289. The summed E-state index contributed by atoms with van der Waals surface area (Å²) in [6.07, 6.45) is 1.75. The maximum Gasteiger partial charge on any atom is 0.325 e. The van der Waals surface area contributed by atoms with Gasteiger partial charge >= 0.3 is 5.97 Å². The van der Waals surface area contributed by atoms with Crippen LogP contribution in [0.5, 0.6) is 0 Å². The Labute approximate surface area is 74.6 Å². The predicted octanol–water partition coefficient (Wildman–Crippen LogP) is 1.04. The van der Waals surface area contributed by atoms with E-state index in [0.29, 0.717) is 0 Å². The Hall–Kier alpha value is -1.10. The lowest BCUT2D eigenvalue weighted by molar-refractivity contribution is -0.138. The molecular weight excluding hydrogens is 176 g/mol. The van der Waals surface area contributed by atoms with Crippen LogP contribution in [0, 0.1) is 6.92 Å². The third-order valence-corrected chi connectivity index (χ3v) is 2.10. The second-order valence-corrected chi connectivity index (χ2v) is 3.44. The molecule has 0 atom stereocenters. The van der Waals surface area contributed by atoms with E-state index in [-0.39, 0.29) is 12.5 Å². The Morgan fingerprint density at radius 3 is 3.08 bits per heavy atom. The van der Waals surface area contributed by atoms with E-state index in [1.54, 1.807) is 6.20 Å². The van der Waals surface area contributed by atoms with Crippen molar-refractivity contribution in [1.82, 2.24) is 4.98 Å². The molecule has 0 bridgehead atoms. The van der Waals surface area contributed by atoms with Crippen molar-refractivity contribution in [3.8, 4) is 0 Å². The fourth-order valence-electron chi connectivity index (χ4n) is 0.656. The molecule has 0 aliphatic heterocycles. The van der Waals surface area contributed by atoms with E-state index in [9.17, 15) is 4.79 Å². The van der Waals surface area contributed by atoms with Gasteiger partial charge in [0.25, 0.3) is 0 Å². The van der Waals surface area contributed by atoms with Crippen molar-refractivity contribution in [2.75, 3.05) is 19.0 Å². The summed E-state index contributed by atoms with van der Waals surface area (Å²) in [6, 6.07) is 0. The van der Waals surface area contributed by atoms with Crippen molar-refractivity contribution in [3.05, 3.63) is 11.1 Å². The summed E-state index contributed by atoms with van der Waals surface area (Å²) >= 11 is 1.51. The normalized spacial score (nSPS) is 9.50. The molecule has 0 aromatic carbocycles. The molecule has 0 fully saturated rings. The number of thiazole rings is 1. The lowest BCUT2D eigenvalue weighted by Gasteiger charge is -1.98. The second-order valence-electron chi connectivity index (χ2n) is 2.21. The third kappa shape index (κ3) is 2.50. The molecule has 0 radical (unpaired) electrons. The molecule has 66 valence electrons. The van der Waals surface area contributed by atoms with Crippen LogP contribution in [0.4, 0.5) is 5.13 Å². The average Bonchev–Trinajstić information content (AvgIpc) is 2.47. The number of aryl methyl sites for hydroxylation is 1. The van der Waals surface area contributed by atoms with Crippen LogP contribution in [0.25, 0.3) is 0 Å². The minimum absolute atomic E-state index is 0.170. The van der Waals surface area contributed by atoms with E-state index >= 15 is 0 Å². The maximum atomic E-state index is 10.7. The van der Waals surface area contributed by atoms with Crippen LogP contribution in [0.15, 0.2) is 6.20 Å². The second kappa shape index (κ2) is 4.06. The number of rotatable bonds is 3. The highest BCUT2D eigenvalue weighted by Gasteiger charge is 2.01. The van der Waals surface area contributed by atoms with Gasteiger partial charge in [0, 0.05) is 11.1 Å². The molecule has 0 saturated heterocycles. The number of esters is 1. The van der Waals surface area contributed by atoms with Gasteiger partial charge in [-0.25, -0.2) is 4.98 Å². The summed E-state index contributed by atoms with van der Waals surface area (Å²) in [5.41, 5.74) is 0. The number of hydrogen-bond donors (Lipinski definition) is 1. The van der Waals surface area contributed by atoms with Gasteiger partial charge in [-0.05, 0) is 6.92 Å². The molecule has 0 unspecified atom stereocenters. The zero-order valence-electron chi connectivity index (χ0n) is 6.96. The fraction of sp³-hybridized carbons (Fsp3) is 0.429. The lowest BCUT2D eigenvalue weighted by atomic mass is 10.6. The smallest absolute Gasteiger partial charge is 0.325 e. The zero-order valence-corrected chi connectivity index (χ0v) is 7.77. The first kappa shape index (κ1) is 8.99. The SMILES string of the molecule is COC(=O)CNc1ncc(C)s1. The predicted molar refractivity (Wildman–Crippen MR) is 47.4 cm³/mol. The average molecular weight is 186 g/mol. The Morgan fingerprint density at radius 1 is 1.83 bits per heavy atom. The van der Waals surface area contributed by atoms with Gasteiger partial charge in [0.2, 0.25) is 0 Å². The van der Waals surface area contributed by atoms with Crippen molar-refractivity contribution in [3.63, 3.8) is 0 Å². The summed E-state index contributed by atoms with van der Waals surface area (Å²) in [5, 5.41) is 3.60. The van der Waals surface area contributed by atoms with E-state index in [2.05, 4.69) is 15.0 Å². The largest absolute Gasteiger partial charge is 0.468 e. The third-order valence-electron chi connectivity index (χ3n) is 1.23.